The van der Waals surface area contributed by atoms with E-state index in [9.17, 15) is 14.7 Å². The van der Waals surface area contributed by atoms with Gasteiger partial charge in [-0.2, -0.15) is 0 Å². The molecule has 1 aromatic heterocycles. The Balaban J connectivity index is 1.53. The highest BCUT2D eigenvalue weighted by Gasteiger charge is 2.44. The molecule has 1 aliphatic heterocycles. The normalized spacial score (nSPS) is 16.7. The summed E-state index contributed by atoms with van der Waals surface area (Å²) in [5, 5.41) is 14.0. The number of carbonyl (C=O) groups excluding carboxylic acids is 2. The third-order valence-electron chi connectivity index (χ3n) is 7.42. The Kier molecular flexibility index (Phi) is 7.75. The number of benzene rings is 3. The summed E-state index contributed by atoms with van der Waals surface area (Å²) in [6.45, 7) is 8.83. The number of nitrogens with zero attached hydrogens (tertiary/aromatic N) is 1. The highest BCUT2D eigenvalue weighted by Crippen LogP contribution is 2.40. The van der Waals surface area contributed by atoms with Crippen molar-refractivity contribution < 1.29 is 24.4 Å². The Bertz CT molecular complexity index is 1590. The molecule has 6 heteroatoms. The van der Waals surface area contributed by atoms with Crippen LogP contribution in [0.1, 0.15) is 60.2 Å². The number of aromatic amines is 1. The first kappa shape index (κ1) is 27.8. The summed E-state index contributed by atoms with van der Waals surface area (Å²) in [5.41, 5.74) is 4.72. The zero-order chi connectivity index (χ0) is 29.1. The van der Waals surface area contributed by atoms with E-state index in [1.807, 2.05) is 73.7 Å². The number of H-pyrrole nitrogens is 1. The van der Waals surface area contributed by atoms with Gasteiger partial charge in [0.2, 0.25) is 5.78 Å². The maximum absolute atomic E-state index is 14.0. The first-order valence-electron chi connectivity index (χ1n) is 13.7. The number of Topliss-reactive ketones (excluding diaryl/α,β-unsaturated/α-hetero) is 1. The molecule has 4 aromatic rings. The summed E-state index contributed by atoms with van der Waals surface area (Å²) in [5.74, 6) is -1.24. The van der Waals surface area contributed by atoms with Gasteiger partial charge in [-0.3, -0.25) is 9.59 Å². The summed E-state index contributed by atoms with van der Waals surface area (Å²) in [4.78, 5) is 31.4. The highest BCUT2D eigenvalue weighted by molar-refractivity contribution is 6.46. The van der Waals surface area contributed by atoms with Crippen molar-refractivity contribution in [3.05, 3.63) is 136 Å². The van der Waals surface area contributed by atoms with Gasteiger partial charge in [-0.1, -0.05) is 87.2 Å². The molecule has 0 bridgehead atoms. The van der Waals surface area contributed by atoms with E-state index in [0.29, 0.717) is 17.9 Å². The monoisotopic (exact) mass is 546 g/mol. The summed E-state index contributed by atoms with van der Waals surface area (Å²) in [7, 11) is 0. The molecule has 1 unspecified atom stereocenters. The van der Waals surface area contributed by atoms with Crippen LogP contribution in [-0.2, 0) is 28.2 Å². The van der Waals surface area contributed by atoms with Gasteiger partial charge in [0.15, 0.2) is 12.4 Å². The predicted octanol–water partition coefficient (Wildman–Crippen LogP) is 5.11. The zero-order valence-corrected chi connectivity index (χ0v) is 23.8. The fourth-order valence-corrected chi connectivity index (χ4v) is 5.11. The Morgan fingerprint density at radius 2 is 1.63 bits per heavy atom. The minimum absolute atomic E-state index is 0.0317. The number of ether oxygens (including phenoxy) is 1. The van der Waals surface area contributed by atoms with Crippen LogP contribution < -0.4 is 14.8 Å². The van der Waals surface area contributed by atoms with E-state index in [4.69, 9.17) is 4.74 Å². The molecule has 1 fully saturated rings. The van der Waals surface area contributed by atoms with Crippen LogP contribution >= 0.6 is 0 Å². The molecule has 41 heavy (non-hydrogen) atoms. The molecular formula is C35H34N2O4. The standard InChI is InChI=1S/C35H34N2O4/c1-23-19-27(14-17-29(23)41-22-24-9-6-5-7-10-24)32(38)30-31(26-12-15-28(16-13-26)35(2,3)4)37(34(40)33(30)39)21-25-11-8-18-36-20-25/h5-20,31,38H,21-22H2,1-4H3. The molecule has 5 rings (SSSR count). The molecule has 0 spiro atoms. The molecule has 1 N–H and O–H groups in total. The van der Waals surface area contributed by atoms with Gasteiger partial charge < -0.3 is 14.7 Å². The van der Waals surface area contributed by atoms with Crippen molar-refractivity contribution in [1.82, 2.24) is 4.90 Å². The lowest BCUT2D eigenvalue weighted by Crippen LogP contribution is -2.29. The van der Waals surface area contributed by atoms with Crippen molar-refractivity contribution in [2.45, 2.75) is 52.3 Å². The van der Waals surface area contributed by atoms with E-state index in [2.05, 4.69) is 25.8 Å². The van der Waals surface area contributed by atoms with Gasteiger partial charge in [0.1, 0.15) is 12.4 Å². The fourth-order valence-electron chi connectivity index (χ4n) is 5.11. The van der Waals surface area contributed by atoms with Crippen LogP contribution in [0, 0.1) is 6.92 Å². The topological polar surface area (TPSA) is 83.8 Å². The van der Waals surface area contributed by atoms with Gasteiger partial charge in [-0.05, 0) is 58.4 Å². The number of carbonyl (C=O) groups is 2. The van der Waals surface area contributed by atoms with E-state index >= 15 is 0 Å². The molecule has 0 radical (unpaired) electrons. The van der Waals surface area contributed by atoms with Crippen molar-refractivity contribution in [3.63, 3.8) is 0 Å². The second-order valence-electron chi connectivity index (χ2n) is 11.4. The third-order valence-corrected chi connectivity index (χ3v) is 7.42. The fraction of sp³-hybridized carbons (Fsp3) is 0.229. The summed E-state index contributed by atoms with van der Waals surface area (Å²) in [6, 6.07) is 25.7. The van der Waals surface area contributed by atoms with E-state index in [0.717, 1.165) is 27.8 Å². The lowest BCUT2D eigenvalue weighted by molar-refractivity contribution is -0.378. The van der Waals surface area contributed by atoms with Crippen molar-refractivity contribution in [2.24, 2.45) is 0 Å². The number of ketones is 1. The number of hydrogen-bond acceptors (Lipinski definition) is 4. The number of amides is 1. The van der Waals surface area contributed by atoms with E-state index in [1.165, 1.54) is 4.90 Å². The van der Waals surface area contributed by atoms with E-state index in [1.54, 1.807) is 30.6 Å². The Hall–Kier alpha value is -4.71. The van der Waals surface area contributed by atoms with Crippen LogP contribution in [0.3, 0.4) is 0 Å². The second-order valence-corrected chi connectivity index (χ2v) is 11.4. The Morgan fingerprint density at radius 1 is 0.927 bits per heavy atom. The number of nitrogens with one attached hydrogen (secondary N) is 1. The largest absolute Gasteiger partial charge is 0.872 e. The van der Waals surface area contributed by atoms with Crippen LogP contribution in [0.25, 0.3) is 5.76 Å². The summed E-state index contributed by atoms with van der Waals surface area (Å²) in [6.07, 6.45) is 3.56. The number of aryl methyl sites for hydroxylation is 1. The van der Waals surface area contributed by atoms with Crippen molar-refractivity contribution >= 4 is 17.4 Å². The first-order valence-corrected chi connectivity index (χ1v) is 13.7. The number of likely N-dealkylation sites (tertiary alicyclic amines) is 1. The number of rotatable bonds is 7. The van der Waals surface area contributed by atoms with Crippen LogP contribution in [0.4, 0.5) is 0 Å². The van der Waals surface area contributed by atoms with Gasteiger partial charge >= 0.3 is 0 Å². The van der Waals surface area contributed by atoms with Gasteiger partial charge in [0, 0.05) is 17.2 Å². The van der Waals surface area contributed by atoms with Crippen molar-refractivity contribution in [1.29, 1.82) is 0 Å². The van der Waals surface area contributed by atoms with Crippen LogP contribution in [0.2, 0.25) is 0 Å². The average molecular weight is 547 g/mol. The number of pyridine rings is 1. The highest BCUT2D eigenvalue weighted by atomic mass is 16.5. The minimum atomic E-state index is -0.800. The molecule has 3 aromatic carbocycles. The lowest BCUT2D eigenvalue weighted by atomic mass is 9.85. The molecule has 0 saturated carbocycles. The van der Waals surface area contributed by atoms with Gasteiger partial charge in [-0.25, -0.2) is 4.98 Å². The maximum atomic E-state index is 14.0. The SMILES string of the molecule is Cc1cc(C([O-])=C2C(=O)C(=O)N(Cc3ccc[nH+]c3)C2c2ccc(C(C)(C)C)cc2)ccc1OCc1ccccc1. The Labute approximate surface area is 240 Å². The molecule has 1 amide bonds. The van der Waals surface area contributed by atoms with E-state index in [-0.39, 0.29) is 17.5 Å². The summed E-state index contributed by atoms with van der Waals surface area (Å²) >= 11 is 0. The quantitative estimate of drug-likeness (QED) is 0.183. The summed E-state index contributed by atoms with van der Waals surface area (Å²) < 4.78 is 5.98. The van der Waals surface area contributed by atoms with Crippen LogP contribution in [0.15, 0.2) is 103 Å². The smallest absolute Gasteiger partial charge is 0.295 e. The van der Waals surface area contributed by atoms with Crippen LogP contribution in [0.5, 0.6) is 5.75 Å². The third kappa shape index (κ3) is 5.92. The molecule has 6 nitrogen and oxygen atoms in total. The number of aromatic nitrogens is 1. The minimum Gasteiger partial charge on any atom is -0.872 e. The maximum Gasteiger partial charge on any atom is 0.295 e. The van der Waals surface area contributed by atoms with Crippen LogP contribution in [-0.4, -0.2) is 16.6 Å². The zero-order valence-electron chi connectivity index (χ0n) is 23.8. The molecule has 2 heterocycles. The first-order chi connectivity index (χ1) is 19.6. The second kappa shape index (κ2) is 11.4. The molecular weight excluding hydrogens is 512 g/mol. The van der Waals surface area contributed by atoms with Crippen molar-refractivity contribution in [2.75, 3.05) is 0 Å². The molecule has 1 aliphatic rings. The Morgan fingerprint density at radius 3 is 2.27 bits per heavy atom. The van der Waals surface area contributed by atoms with Crippen molar-refractivity contribution in [3.8, 4) is 5.75 Å². The molecule has 1 saturated heterocycles. The van der Waals surface area contributed by atoms with Gasteiger partial charge in [-0.15, -0.1) is 0 Å². The molecule has 208 valence electrons. The predicted molar refractivity (Wildman–Crippen MR) is 155 cm³/mol. The average Bonchev–Trinajstić information content (AvgIpc) is 3.21. The van der Waals surface area contributed by atoms with Gasteiger partial charge in [0.05, 0.1) is 12.6 Å². The lowest BCUT2D eigenvalue weighted by Gasteiger charge is -2.28. The molecule has 1 atom stereocenters. The van der Waals surface area contributed by atoms with E-state index < -0.39 is 23.5 Å². The number of hydrogen-bond donors (Lipinski definition) is 0. The molecule has 0 aliphatic carbocycles. The van der Waals surface area contributed by atoms with Gasteiger partial charge in [0.25, 0.3) is 5.91 Å².